The molecular weight excluding hydrogens is 208 g/mol. The number of rotatable bonds is 7. The lowest BCUT2D eigenvalue weighted by atomic mass is 10.2. The van der Waals surface area contributed by atoms with Crippen molar-refractivity contribution in [2.45, 2.75) is 19.8 Å². The molecule has 0 saturated carbocycles. The lowest BCUT2D eigenvalue weighted by Gasteiger charge is -2.21. The summed E-state index contributed by atoms with van der Waals surface area (Å²) in [6.45, 7) is 3.91. The van der Waals surface area contributed by atoms with E-state index in [0.29, 0.717) is 19.4 Å². The Morgan fingerprint density at radius 1 is 1.31 bits per heavy atom. The zero-order valence-corrected chi connectivity index (χ0v) is 10.3. The largest absolute Gasteiger partial charge is 0.348 e. The van der Waals surface area contributed by atoms with E-state index < -0.39 is 0 Å². The van der Waals surface area contributed by atoms with E-state index in [-0.39, 0.29) is 11.8 Å². The predicted octanol–water partition coefficient (Wildman–Crippen LogP) is -0.833. The highest BCUT2D eigenvalue weighted by molar-refractivity contribution is 5.77. The van der Waals surface area contributed by atoms with Gasteiger partial charge in [-0.1, -0.05) is 6.92 Å². The van der Waals surface area contributed by atoms with Crippen molar-refractivity contribution in [2.75, 3.05) is 33.7 Å². The molecule has 94 valence electrons. The third kappa shape index (κ3) is 6.36. The Bertz CT molecular complexity index is 231. The van der Waals surface area contributed by atoms with Gasteiger partial charge < -0.3 is 4.90 Å². The number of nitrogens with one attached hydrogen (secondary N) is 1. The van der Waals surface area contributed by atoms with Gasteiger partial charge in [0.25, 0.3) is 0 Å². The third-order valence-corrected chi connectivity index (χ3v) is 2.34. The fraction of sp³-hybridized carbons (Fsp3) is 0.800. The molecule has 0 spiro atoms. The van der Waals surface area contributed by atoms with Crippen molar-refractivity contribution in [1.29, 1.82) is 0 Å². The summed E-state index contributed by atoms with van der Waals surface area (Å²) in [7, 11) is 3.47. The van der Waals surface area contributed by atoms with Gasteiger partial charge in [-0.2, -0.15) is 0 Å². The number of amides is 2. The Hall–Kier alpha value is -1.14. The maximum Gasteiger partial charge on any atom is 0.236 e. The molecule has 2 amide bonds. The van der Waals surface area contributed by atoms with Gasteiger partial charge in [0.2, 0.25) is 11.8 Å². The van der Waals surface area contributed by atoms with Crippen molar-refractivity contribution >= 4 is 11.8 Å². The van der Waals surface area contributed by atoms with E-state index in [4.69, 9.17) is 5.84 Å². The molecule has 0 heterocycles. The molecule has 0 aliphatic heterocycles. The van der Waals surface area contributed by atoms with Crippen LogP contribution < -0.4 is 11.3 Å². The first-order chi connectivity index (χ1) is 7.51. The summed E-state index contributed by atoms with van der Waals surface area (Å²) in [6, 6.07) is 0. The minimum absolute atomic E-state index is 0.0742. The van der Waals surface area contributed by atoms with Crippen LogP contribution in [0.2, 0.25) is 0 Å². The minimum Gasteiger partial charge on any atom is -0.348 e. The van der Waals surface area contributed by atoms with Crippen molar-refractivity contribution in [1.82, 2.24) is 15.2 Å². The van der Waals surface area contributed by atoms with Crippen LogP contribution in [0.5, 0.6) is 0 Å². The number of hydrogen-bond acceptors (Lipinski definition) is 4. The summed E-state index contributed by atoms with van der Waals surface area (Å²) >= 11 is 0. The van der Waals surface area contributed by atoms with Gasteiger partial charge in [0, 0.05) is 20.5 Å². The molecule has 0 rings (SSSR count). The van der Waals surface area contributed by atoms with Crippen molar-refractivity contribution in [3.63, 3.8) is 0 Å². The molecule has 3 N–H and O–H groups in total. The molecule has 0 radical (unpaired) electrons. The van der Waals surface area contributed by atoms with Gasteiger partial charge in [-0.3, -0.25) is 19.9 Å². The second-order valence-corrected chi connectivity index (χ2v) is 3.83. The van der Waals surface area contributed by atoms with Gasteiger partial charge in [-0.05, 0) is 19.5 Å². The van der Waals surface area contributed by atoms with E-state index in [9.17, 15) is 9.59 Å². The summed E-state index contributed by atoms with van der Waals surface area (Å²) in [5.41, 5.74) is 2.08. The standard InChI is InChI=1S/C10H22N4O2/c1-4-14(8-10(16)13(2)3)7-5-6-9(15)12-11/h4-8,11H2,1-3H3,(H,12,15). The average molecular weight is 230 g/mol. The number of hydrogen-bond donors (Lipinski definition) is 2. The topological polar surface area (TPSA) is 78.7 Å². The van der Waals surface area contributed by atoms with Crippen molar-refractivity contribution in [3.8, 4) is 0 Å². The monoisotopic (exact) mass is 230 g/mol. The van der Waals surface area contributed by atoms with Gasteiger partial charge in [-0.25, -0.2) is 5.84 Å². The molecular formula is C10H22N4O2. The predicted molar refractivity (Wildman–Crippen MR) is 62.4 cm³/mol. The number of carbonyl (C=O) groups excluding carboxylic acids is 2. The molecule has 0 aliphatic carbocycles. The lowest BCUT2D eigenvalue weighted by Crippen LogP contribution is -2.37. The van der Waals surface area contributed by atoms with Crippen LogP contribution in [-0.4, -0.2) is 55.3 Å². The maximum absolute atomic E-state index is 11.5. The minimum atomic E-state index is -0.171. The van der Waals surface area contributed by atoms with Gasteiger partial charge >= 0.3 is 0 Å². The normalized spacial score (nSPS) is 10.3. The van der Waals surface area contributed by atoms with E-state index in [1.54, 1.807) is 19.0 Å². The molecule has 0 bridgehead atoms. The number of carbonyl (C=O) groups is 2. The van der Waals surface area contributed by atoms with E-state index in [0.717, 1.165) is 13.1 Å². The SMILES string of the molecule is CCN(CCCC(=O)NN)CC(=O)N(C)C. The molecule has 0 unspecified atom stereocenters. The first-order valence-corrected chi connectivity index (χ1v) is 5.43. The summed E-state index contributed by atoms with van der Waals surface area (Å²) < 4.78 is 0. The van der Waals surface area contributed by atoms with Crippen LogP contribution in [0.25, 0.3) is 0 Å². The molecule has 0 aliphatic rings. The highest BCUT2D eigenvalue weighted by Gasteiger charge is 2.10. The number of nitrogens with two attached hydrogens (primary N) is 1. The molecule has 6 heteroatoms. The zero-order valence-electron chi connectivity index (χ0n) is 10.3. The van der Waals surface area contributed by atoms with Gasteiger partial charge in [0.05, 0.1) is 6.54 Å². The fourth-order valence-corrected chi connectivity index (χ4v) is 1.22. The quantitative estimate of drug-likeness (QED) is 0.340. The van der Waals surface area contributed by atoms with E-state index in [2.05, 4.69) is 5.43 Å². The van der Waals surface area contributed by atoms with E-state index >= 15 is 0 Å². The Morgan fingerprint density at radius 3 is 2.38 bits per heavy atom. The molecule has 16 heavy (non-hydrogen) atoms. The Kier molecular flexibility index (Phi) is 7.49. The summed E-state index contributed by atoms with van der Waals surface area (Å²) in [5.74, 6) is 4.87. The number of hydrazine groups is 1. The molecule has 0 aromatic rings. The molecule has 6 nitrogen and oxygen atoms in total. The Labute approximate surface area is 96.7 Å². The maximum atomic E-state index is 11.5. The zero-order chi connectivity index (χ0) is 12.6. The number of likely N-dealkylation sites (N-methyl/N-ethyl adjacent to an activating group) is 2. The van der Waals surface area contributed by atoms with Crippen molar-refractivity contribution < 1.29 is 9.59 Å². The van der Waals surface area contributed by atoms with E-state index in [1.807, 2.05) is 11.8 Å². The van der Waals surface area contributed by atoms with Crippen LogP contribution in [0.15, 0.2) is 0 Å². The first kappa shape index (κ1) is 14.9. The third-order valence-electron chi connectivity index (χ3n) is 2.34. The Balaban J connectivity index is 3.83. The van der Waals surface area contributed by atoms with Crippen LogP contribution in [-0.2, 0) is 9.59 Å². The van der Waals surface area contributed by atoms with Gasteiger partial charge in [0.15, 0.2) is 0 Å². The Morgan fingerprint density at radius 2 is 1.94 bits per heavy atom. The molecule has 0 atom stereocenters. The fourth-order valence-electron chi connectivity index (χ4n) is 1.22. The van der Waals surface area contributed by atoms with Crippen LogP contribution >= 0.6 is 0 Å². The first-order valence-electron chi connectivity index (χ1n) is 5.43. The second kappa shape index (κ2) is 8.06. The molecule has 0 aromatic carbocycles. The van der Waals surface area contributed by atoms with Crippen LogP contribution in [0.4, 0.5) is 0 Å². The highest BCUT2D eigenvalue weighted by atomic mass is 16.2. The number of nitrogens with zero attached hydrogens (tertiary/aromatic N) is 2. The van der Waals surface area contributed by atoms with Crippen LogP contribution in [0.1, 0.15) is 19.8 Å². The molecule has 0 fully saturated rings. The van der Waals surface area contributed by atoms with Crippen molar-refractivity contribution in [2.24, 2.45) is 5.84 Å². The van der Waals surface area contributed by atoms with E-state index in [1.165, 1.54) is 0 Å². The summed E-state index contributed by atoms with van der Waals surface area (Å²) in [6.07, 6.45) is 1.10. The average Bonchev–Trinajstić information content (AvgIpc) is 2.26. The second-order valence-electron chi connectivity index (χ2n) is 3.83. The van der Waals surface area contributed by atoms with Crippen molar-refractivity contribution in [3.05, 3.63) is 0 Å². The summed E-state index contributed by atoms with van der Waals surface area (Å²) in [5, 5.41) is 0. The smallest absolute Gasteiger partial charge is 0.236 e. The van der Waals surface area contributed by atoms with Gasteiger partial charge in [0.1, 0.15) is 0 Å². The molecule has 0 saturated heterocycles. The molecule has 0 aromatic heterocycles. The summed E-state index contributed by atoms with van der Waals surface area (Å²) in [4.78, 5) is 25.9. The highest BCUT2D eigenvalue weighted by Crippen LogP contribution is 1.96. The lowest BCUT2D eigenvalue weighted by molar-refractivity contribution is -0.129. The van der Waals surface area contributed by atoms with Crippen LogP contribution in [0.3, 0.4) is 0 Å². The van der Waals surface area contributed by atoms with Gasteiger partial charge in [-0.15, -0.1) is 0 Å². The van der Waals surface area contributed by atoms with Crippen LogP contribution in [0, 0.1) is 0 Å².